The second-order valence-electron chi connectivity index (χ2n) is 7.64. The van der Waals surface area contributed by atoms with E-state index in [9.17, 15) is 5.53 Å². The van der Waals surface area contributed by atoms with E-state index in [-0.39, 0.29) is 16.5 Å². The topological polar surface area (TPSA) is 25.3 Å². The minimum absolute atomic E-state index is 0. The second kappa shape index (κ2) is 12.4. The third kappa shape index (κ3) is 5.67. The number of allylic oxidation sites excluding steroid dienone is 4. The van der Waals surface area contributed by atoms with Gasteiger partial charge in [0.2, 0.25) is 11.4 Å². The Hall–Kier alpha value is -2.25. The molecule has 0 amide bonds. The Labute approximate surface area is 191 Å². The van der Waals surface area contributed by atoms with Crippen molar-refractivity contribution in [1.29, 1.82) is 0 Å². The molecule has 2 nitrogen and oxygen atoms in total. The fourth-order valence-electron chi connectivity index (χ4n) is 3.92. The van der Waals surface area contributed by atoms with E-state index in [1.165, 1.54) is 29.5 Å². The van der Waals surface area contributed by atoms with Gasteiger partial charge in [0.1, 0.15) is 0 Å². The van der Waals surface area contributed by atoms with E-state index in [2.05, 4.69) is 50.3 Å². The van der Waals surface area contributed by atoms with Crippen LogP contribution in [0.3, 0.4) is 0 Å². The summed E-state index contributed by atoms with van der Waals surface area (Å²) in [5.74, 6) is 0. The fourth-order valence-corrected chi connectivity index (χ4v) is 3.92. The zero-order valence-electron chi connectivity index (χ0n) is 18.1. The number of nitrogens with zero attached hydrogens (tertiary/aromatic N) is 2. The van der Waals surface area contributed by atoms with E-state index in [4.69, 9.17) is 0 Å². The van der Waals surface area contributed by atoms with Gasteiger partial charge in [-0.3, -0.25) is 0 Å². The number of unbranched alkanes of at least 4 members (excludes halogenated alkanes) is 4. The van der Waals surface area contributed by atoms with Crippen LogP contribution in [0.15, 0.2) is 84.0 Å². The molecule has 0 atom stereocenters. The SMILES string of the molecule is CCCC=CC1=C(c2ccccc2)[N+](=[N-])C(c2ccccc2)=C1CCCCCC.[Ni]. The summed E-state index contributed by atoms with van der Waals surface area (Å²) in [7, 11) is 0. The molecule has 1 aliphatic rings. The molecule has 0 aromatic heterocycles. The molecule has 0 saturated carbocycles. The van der Waals surface area contributed by atoms with Crippen molar-refractivity contribution in [3.05, 3.63) is 101 Å². The maximum atomic E-state index is 11.3. The van der Waals surface area contributed by atoms with Gasteiger partial charge in [-0.2, -0.15) is 0 Å². The van der Waals surface area contributed by atoms with Gasteiger partial charge in [-0.25, -0.2) is 4.70 Å². The zero-order chi connectivity index (χ0) is 20.5. The molecular formula is C27H32N2Ni. The summed E-state index contributed by atoms with van der Waals surface area (Å²) in [6.45, 7) is 4.44. The Bertz CT molecular complexity index is 908. The first-order valence-electron chi connectivity index (χ1n) is 11.0. The molecule has 3 rings (SSSR count). The van der Waals surface area contributed by atoms with Gasteiger partial charge in [0, 0.05) is 33.2 Å². The van der Waals surface area contributed by atoms with Crippen LogP contribution >= 0.6 is 0 Å². The Morgan fingerprint density at radius 1 is 0.767 bits per heavy atom. The van der Waals surface area contributed by atoms with E-state index < -0.39 is 0 Å². The third-order valence-electron chi connectivity index (χ3n) is 5.40. The van der Waals surface area contributed by atoms with Crippen LogP contribution in [0.25, 0.3) is 16.9 Å². The predicted molar refractivity (Wildman–Crippen MR) is 123 cm³/mol. The maximum Gasteiger partial charge on any atom is 0.215 e. The van der Waals surface area contributed by atoms with Crippen LogP contribution in [0.2, 0.25) is 0 Å². The number of hydrogen-bond donors (Lipinski definition) is 0. The molecular weight excluding hydrogens is 411 g/mol. The van der Waals surface area contributed by atoms with Crippen LogP contribution < -0.4 is 0 Å². The molecule has 2 aromatic carbocycles. The van der Waals surface area contributed by atoms with E-state index >= 15 is 0 Å². The molecule has 2 aromatic rings. The summed E-state index contributed by atoms with van der Waals surface area (Å²) in [6, 6.07) is 20.5. The smallest absolute Gasteiger partial charge is 0.215 e. The Kier molecular flexibility index (Phi) is 9.97. The van der Waals surface area contributed by atoms with Crippen LogP contribution in [-0.2, 0) is 16.5 Å². The monoisotopic (exact) mass is 442 g/mol. The number of benzene rings is 2. The van der Waals surface area contributed by atoms with Crippen molar-refractivity contribution < 1.29 is 21.2 Å². The van der Waals surface area contributed by atoms with E-state index in [1.54, 1.807) is 0 Å². The van der Waals surface area contributed by atoms with Crippen LogP contribution in [0, 0.1) is 0 Å². The van der Waals surface area contributed by atoms with Gasteiger partial charge in [0.05, 0.1) is 5.57 Å². The molecule has 160 valence electrons. The van der Waals surface area contributed by atoms with Gasteiger partial charge in [-0.1, -0.05) is 88.1 Å². The quantitative estimate of drug-likeness (QED) is 0.201. The summed E-state index contributed by atoms with van der Waals surface area (Å²) >= 11 is 0. The van der Waals surface area contributed by atoms with Crippen molar-refractivity contribution in [2.75, 3.05) is 0 Å². The summed E-state index contributed by atoms with van der Waals surface area (Å²) in [4.78, 5) is 0. The molecule has 0 N–H and O–H groups in total. The van der Waals surface area contributed by atoms with Crippen LogP contribution in [-0.4, -0.2) is 4.70 Å². The average Bonchev–Trinajstić information content (AvgIpc) is 3.04. The van der Waals surface area contributed by atoms with Crippen LogP contribution in [0.5, 0.6) is 0 Å². The first kappa shape index (κ1) is 24.0. The molecule has 1 heterocycles. The average molecular weight is 443 g/mol. The molecule has 3 heteroatoms. The van der Waals surface area contributed by atoms with E-state index in [0.717, 1.165) is 53.8 Å². The van der Waals surface area contributed by atoms with Gasteiger partial charge >= 0.3 is 0 Å². The minimum Gasteiger partial charge on any atom is -0.493 e. The Morgan fingerprint density at radius 3 is 1.93 bits per heavy atom. The van der Waals surface area contributed by atoms with Crippen LogP contribution in [0.1, 0.15) is 69.9 Å². The molecule has 0 unspecified atom stereocenters. The molecule has 0 aliphatic carbocycles. The Balaban J connectivity index is 0.00000320. The normalized spacial score (nSPS) is 14.0. The molecule has 0 saturated heterocycles. The van der Waals surface area contributed by atoms with Crippen molar-refractivity contribution >= 4 is 11.4 Å². The first-order valence-corrected chi connectivity index (χ1v) is 11.0. The van der Waals surface area contributed by atoms with Crippen molar-refractivity contribution in [1.82, 2.24) is 0 Å². The summed E-state index contributed by atoms with van der Waals surface area (Å²) < 4.78 is 1.42. The van der Waals surface area contributed by atoms with Gasteiger partial charge in [0.15, 0.2) is 0 Å². The van der Waals surface area contributed by atoms with E-state index in [0.29, 0.717) is 0 Å². The molecule has 1 aliphatic heterocycles. The fraction of sp³-hybridized carbons (Fsp3) is 0.333. The largest absolute Gasteiger partial charge is 0.493 e. The van der Waals surface area contributed by atoms with E-state index in [1.807, 2.05) is 36.4 Å². The molecule has 0 spiro atoms. The molecule has 0 fully saturated rings. The minimum atomic E-state index is 0. The molecule has 0 radical (unpaired) electrons. The third-order valence-corrected chi connectivity index (χ3v) is 5.40. The zero-order valence-corrected chi connectivity index (χ0v) is 19.1. The summed E-state index contributed by atoms with van der Waals surface area (Å²) in [5.41, 5.74) is 17.7. The molecule has 30 heavy (non-hydrogen) atoms. The van der Waals surface area contributed by atoms with Crippen LogP contribution in [0.4, 0.5) is 0 Å². The van der Waals surface area contributed by atoms with Gasteiger partial charge in [0.25, 0.3) is 0 Å². The maximum absolute atomic E-state index is 11.3. The Morgan fingerprint density at radius 2 is 1.37 bits per heavy atom. The standard InChI is InChI=1S/C27H32N2.Ni/c1-3-5-7-15-21-25-24(20-10-6-4-2)26(22-16-11-8-12-17-22)29(28)27(25)23-18-13-9-14-19-23;/h8-14,16-20H,3-7,15,21H2,1-2H3;. The van der Waals surface area contributed by atoms with Crippen molar-refractivity contribution in [3.8, 4) is 0 Å². The summed E-state index contributed by atoms with van der Waals surface area (Å²) in [5, 5.41) is 0. The first-order chi connectivity index (χ1) is 14.3. The number of rotatable bonds is 10. The van der Waals surface area contributed by atoms with Gasteiger partial charge in [-0.05, 0) is 43.5 Å². The van der Waals surface area contributed by atoms with Gasteiger partial charge in [-0.15, -0.1) is 0 Å². The van der Waals surface area contributed by atoms with Gasteiger partial charge < -0.3 is 5.53 Å². The number of hydrogen-bond acceptors (Lipinski definition) is 0. The van der Waals surface area contributed by atoms with Crippen molar-refractivity contribution in [2.24, 2.45) is 0 Å². The summed E-state index contributed by atoms with van der Waals surface area (Å²) in [6.07, 6.45) is 12.4. The van der Waals surface area contributed by atoms with Crippen molar-refractivity contribution in [3.63, 3.8) is 0 Å². The molecule has 0 bridgehead atoms. The predicted octanol–water partition coefficient (Wildman–Crippen LogP) is 8.18. The van der Waals surface area contributed by atoms with Crippen molar-refractivity contribution in [2.45, 2.75) is 58.8 Å². The second-order valence-corrected chi connectivity index (χ2v) is 7.64.